The lowest BCUT2D eigenvalue weighted by molar-refractivity contribution is 0.269. The van der Waals surface area contributed by atoms with E-state index < -0.39 is 0 Å². The molecule has 140 valence electrons. The Hall–Kier alpha value is -2.85. The minimum absolute atomic E-state index is 0.0291. The summed E-state index contributed by atoms with van der Waals surface area (Å²) in [5, 5.41) is 16.7. The van der Waals surface area contributed by atoms with Crippen molar-refractivity contribution in [1.29, 1.82) is 0 Å². The molecule has 0 saturated heterocycles. The van der Waals surface area contributed by atoms with Crippen molar-refractivity contribution >= 4 is 28.0 Å². The van der Waals surface area contributed by atoms with Crippen LogP contribution in [0, 0.1) is 5.82 Å². The van der Waals surface area contributed by atoms with Crippen molar-refractivity contribution in [3.05, 3.63) is 70.2 Å². The number of nitrogens with one attached hydrogen (secondary N) is 2. The van der Waals surface area contributed by atoms with E-state index in [1.807, 2.05) is 17.3 Å². The van der Waals surface area contributed by atoms with E-state index >= 15 is 0 Å². The molecule has 8 nitrogen and oxygen atoms in total. The van der Waals surface area contributed by atoms with Gasteiger partial charge >= 0.3 is 0 Å². The molecule has 0 unspecified atom stereocenters. The number of aliphatic imine (C=N–C) groups is 1. The minimum Gasteiger partial charge on any atom is -0.394 e. The number of hydrogen-bond acceptors (Lipinski definition) is 7. The third kappa shape index (κ3) is 3.96. The summed E-state index contributed by atoms with van der Waals surface area (Å²) < 4.78 is 16.0. The van der Waals surface area contributed by atoms with E-state index in [0.717, 1.165) is 22.6 Å². The second-order valence-electron chi connectivity index (χ2n) is 6.02. The van der Waals surface area contributed by atoms with Crippen molar-refractivity contribution in [3.8, 4) is 0 Å². The van der Waals surface area contributed by atoms with Crippen LogP contribution in [0.15, 0.2) is 63.9 Å². The van der Waals surface area contributed by atoms with Crippen molar-refractivity contribution < 1.29 is 9.50 Å². The first-order valence-corrected chi connectivity index (χ1v) is 9.03. The molecule has 1 aromatic carbocycles. The highest BCUT2D eigenvalue weighted by Crippen LogP contribution is 2.26. The van der Waals surface area contributed by atoms with Gasteiger partial charge in [0.05, 0.1) is 37.8 Å². The maximum Gasteiger partial charge on any atom is 0.124 e. The zero-order chi connectivity index (χ0) is 18.8. The number of rotatable bonds is 6. The zero-order valence-electron chi connectivity index (χ0n) is 14.2. The van der Waals surface area contributed by atoms with Gasteiger partial charge in [0.1, 0.15) is 23.5 Å². The molecule has 27 heavy (non-hydrogen) atoms. The Labute approximate surface area is 163 Å². The normalized spacial score (nSPS) is 15.4. The van der Waals surface area contributed by atoms with Gasteiger partial charge in [-0.1, -0.05) is 15.9 Å². The van der Waals surface area contributed by atoms with Gasteiger partial charge in [-0.05, 0) is 23.8 Å². The topological polar surface area (TPSA) is 80.9 Å². The lowest BCUT2D eigenvalue weighted by Gasteiger charge is -2.26. The lowest BCUT2D eigenvalue weighted by atomic mass is 10.2. The number of fused-ring (bicyclic) bond motifs is 1. The second-order valence-corrected chi connectivity index (χ2v) is 6.93. The Morgan fingerprint density at radius 2 is 2.19 bits per heavy atom. The summed E-state index contributed by atoms with van der Waals surface area (Å²) >= 11 is 3.32. The van der Waals surface area contributed by atoms with Crippen LogP contribution < -0.4 is 10.9 Å². The molecule has 2 aliphatic heterocycles. The zero-order valence-corrected chi connectivity index (χ0v) is 15.8. The average Bonchev–Trinajstić information content (AvgIpc) is 3.22. The summed E-state index contributed by atoms with van der Waals surface area (Å²) in [7, 11) is 0. The first kappa shape index (κ1) is 17.6. The van der Waals surface area contributed by atoms with E-state index in [1.54, 1.807) is 34.6 Å². The molecule has 0 spiro atoms. The fourth-order valence-electron chi connectivity index (χ4n) is 2.82. The molecule has 10 heteroatoms. The van der Waals surface area contributed by atoms with Gasteiger partial charge < -0.3 is 10.5 Å². The van der Waals surface area contributed by atoms with E-state index in [1.165, 1.54) is 12.1 Å². The standard InChI is InChI=1S/C17H17BrFN7O/c18-13-3-12(4-14(19)5-13)8-26-17-10-25(11-20-16(17)7-22-26)23-15-6-21-24(9-15)1-2-27/h3-7,9-11,22-23,27H,1-2,8H2. The van der Waals surface area contributed by atoms with Gasteiger partial charge in [0.25, 0.3) is 0 Å². The molecule has 0 atom stereocenters. The molecule has 0 saturated carbocycles. The average molecular weight is 434 g/mol. The van der Waals surface area contributed by atoms with Crippen molar-refractivity contribution in [2.45, 2.75) is 13.1 Å². The predicted molar refractivity (Wildman–Crippen MR) is 102 cm³/mol. The van der Waals surface area contributed by atoms with Crippen LogP contribution >= 0.6 is 15.9 Å². The number of anilines is 1. The quantitative estimate of drug-likeness (QED) is 0.647. The van der Waals surface area contributed by atoms with Gasteiger partial charge in [-0.15, -0.1) is 0 Å². The van der Waals surface area contributed by atoms with Crippen LogP contribution in [0.4, 0.5) is 10.1 Å². The molecule has 2 aliphatic rings. The van der Waals surface area contributed by atoms with Crippen molar-refractivity contribution in [1.82, 2.24) is 25.2 Å². The van der Waals surface area contributed by atoms with E-state index in [-0.39, 0.29) is 12.4 Å². The lowest BCUT2D eigenvalue weighted by Crippen LogP contribution is -2.32. The number of hydrogen-bond donors (Lipinski definition) is 3. The smallest absolute Gasteiger partial charge is 0.124 e. The van der Waals surface area contributed by atoms with Crippen LogP contribution in [-0.4, -0.2) is 37.9 Å². The Kier molecular flexibility index (Phi) is 4.82. The SMILES string of the molecule is OCCn1cc(NN2C=NC3=CNN(Cc4cc(F)cc(Br)c4)C3=C2)cn1. The number of hydrazine groups is 2. The van der Waals surface area contributed by atoms with E-state index in [0.29, 0.717) is 17.6 Å². The molecular weight excluding hydrogens is 417 g/mol. The Bertz CT molecular complexity index is 919. The fraction of sp³-hybridized carbons (Fsp3) is 0.176. The number of aliphatic hydroxyl groups is 1. The van der Waals surface area contributed by atoms with Gasteiger partial charge in [0.2, 0.25) is 0 Å². The molecule has 0 fully saturated rings. The molecule has 0 radical (unpaired) electrons. The van der Waals surface area contributed by atoms with E-state index in [4.69, 9.17) is 5.11 Å². The summed E-state index contributed by atoms with van der Waals surface area (Å²) in [6, 6.07) is 4.81. The van der Waals surface area contributed by atoms with Gasteiger partial charge in [-0.3, -0.25) is 15.1 Å². The monoisotopic (exact) mass is 433 g/mol. The highest BCUT2D eigenvalue weighted by molar-refractivity contribution is 9.10. The highest BCUT2D eigenvalue weighted by atomic mass is 79.9. The van der Waals surface area contributed by atoms with Crippen LogP contribution in [-0.2, 0) is 13.1 Å². The molecule has 3 heterocycles. The van der Waals surface area contributed by atoms with E-state index in [9.17, 15) is 4.39 Å². The summed E-state index contributed by atoms with van der Waals surface area (Å²) in [4.78, 5) is 4.42. The van der Waals surface area contributed by atoms with Crippen molar-refractivity contribution in [2.24, 2.45) is 4.99 Å². The molecule has 4 rings (SSSR count). The fourth-order valence-corrected chi connectivity index (χ4v) is 3.33. The molecule has 2 aromatic rings. The number of halogens is 2. The number of aliphatic hydroxyl groups excluding tert-OH is 1. The number of nitrogens with zero attached hydrogens (tertiary/aromatic N) is 5. The Morgan fingerprint density at radius 3 is 3.00 bits per heavy atom. The molecule has 3 N–H and O–H groups in total. The molecule has 0 bridgehead atoms. The summed E-state index contributed by atoms with van der Waals surface area (Å²) in [6.45, 7) is 0.936. The molecule has 0 aliphatic carbocycles. The molecule has 0 amide bonds. The van der Waals surface area contributed by atoms with Gasteiger partial charge in [0.15, 0.2) is 0 Å². The number of benzene rings is 1. The first-order valence-electron chi connectivity index (χ1n) is 8.24. The van der Waals surface area contributed by atoms with Crippen LogP contribution in [0.3, 0.4) is 0 Å². The molecular formula is C17H17BrFN7O. The van der Waals surface area contributed by atoms with Gasteiger partial charge in [-0.25, -0.2) is 14.4 Å². The summed E-state index contributed by atoms with van der Waals surface area (Å²) in [6.07, 6.45) is 8.80. The Morgan fingerprint density at radius 1 is 1.30 bits per heavy atom. The van der Waals surface area contributed by atoms with Gasteiger partial charge in [0, 0.05) is 16.9 Å². The largest absolute Gasteiger partial charge is 0.394 e. The summed E-state index contributed by atoms with van der Waals surface area (Å²) in [5.41, 5.74) is 9.55. The maximum atomic E-state index is 13.6. The third-order valence-electron chi connectivity index (χ3n) is 3.98. The van der Waals surface area contributed by atoms with Gasteiger partial charge in [-0.2, -0.15) is 5.10 Å². The van der Waals surface area contributed by atoms with Crippen LogP contribution in [0.2, 0.25) is 0 Å². The maximum absolute atomic E-state index is 13.6. The molecule has 1 aromatic heterocycles. The van der Waals surface area contributed by atoms with Crippen molar-refractivity contribution in [2.75, 3.05) is 12.0 Å². The van der Waals surface area contributed by atoms with E-state index in [2.05, 4.69) is 36.9 Å². The number of aromatic nitrogens is 2. The Balaban J connectivity index is 1.48. The van der Waals surface area contributed by atoms with Crippen LogP contribution in [0.1, 0.15) is 5.56 Å². The predicted octanol–water partition coefficient (Wildman–Crippen LogP) is 2.15. The highest BCUT2D eigenvalue weighted by Gasteiger charge is 2.24. The van der Waals surface area contributed by atoms with Crippen molar-refractivity contribution in [3.63, 3.8) is 0 Å². The minimum atomic E-state index is -0.286. The van der Waals surface area contributed by atoms with Crippen LogP contribution in [0.5, 0.6) is 0 Å². The van der Waals surface area contributed by atoms with Crippen LogP contribution in [0.25, 0.3) is 0 Å². The first-order chi connectivity index (χ1) is 13.1. The second kappa shape index (κ2) is 7.41. The third-order valence-corrected chi connectivity index (χ3v) is 4.43. The summed E-state index contributed by atoms with van der Waals surface area (Å²) in [5.74, 6) is -0.286.